The van der Waals surface area contributed by atoms with Crippen molar-refractivity contribution in [3.8, 4) is 0 Å². The van der Waals surface area contributed by atoms with E-state index in [4.69, 9.17) is 0 Å². The van der Waals surface area contributed by atoms with Crippen molar-refractivity contribution in [2.75, 3.05) is 6.54 Å². The van der Waals surface area contributed by atoms with E-state index >= 15 is 0 Å². The van der Waals surface area contributed by atoms with Crippen LogP contribution in [0.4, 0.5) is 0 Å². The molecule has 0 aliphatic carbocycles. The minimum Gasteiger partial charge on any atom is -0.297 e. The van der Waals surface area contributed by atoms with Crippen molar-refractivity contribution >= 4 is 6.21 Å². The molecule has 1 unspecified atom stereocenters. The normalized spacial score (nSPS) is 22.5. The van der Waals surface area contributed by atoms with Crippen molar-refractivity contribution in [1.82, 2.24) is 0 Å². The van der Waals surface area contributed by atoms with Crippen molar-refractivity contribution in [3.05, 3.63) is 35.9 Å². The SMILES string of the molecule is C1=NCCC(c2ccccc2)C1. The van der Waals surface area contributed by atoms with Gasteiger partial charge in [0.05, 0.1) is 0 Å². The summed E-state index contributed by atoms with van der Waals surface area (Å²) in [5, 5.41) is 0. The maximum Gasteiger partial charge on any atom is 0.0391 e. The summed E-state index contributed by atoms with van der Waals surface area (Å²) >= 11 is 0. The highest BCUT2D eigenvalue weighted by molar-refractivity contribution is 5.59. The van der Waals surface area contributed by atoms with Crippen LogP contribution < -0.4 is 0 Å². The summed E-state index contributed by atoms with van der Waals surface area (Å²) in [4.78, 5) is 4.23. The van der Waals surface area contributed by atoms with Crippen LogP contribution in [0.2, 0.25) is 0 Å². The highest BCUT2D eigenvalue weighted by Crippen LogP contribution is 2.24. The van der Waals surface area contributed by atoms with Gasteiger partial charge >= 0.3 is 0 Å². The van der Waals surface area contributed by atoms with Crippen LogP contribution in [0, 0.1) is 0 Å². The molecule has 12 heavy (non-hydrogen) atoms. The topological polar surface area (TPSA) is 12.4 Å². The molecule has 0 bridgehead atoms. The lowest BCUT2D eigenvalue weighted by Crippen LogP contribution is -2.06. The van der Waals surface area contributed by atoms with Gasteiger partial charge < -0.3 is 0 Å². The Hall–Kier alpha value is -1.11. The van der Waals surface area contributed by atoms with Crippen molar-refractivity contribution in [2.45, 2.75) is 18.8 Å². The molecule has 1 heteroatoms. The second-order valence-electron chi connectivity index (χ2n) is 3.22. The lowest BCUT2D eigenvalue weighted by atomic mass is 9.92. The third kappa shape index (κ3) is 1.55. The Bertz CT molecular complexity index is 264. The molecule has 1 aromatic rings. The standard InChI is InChI=1S/C11H13N/c1-2-4-10(5-3-1)11-6-8-12-9-7-11/h1-5,8,11H,6-7,9H2. The summed E-state index contributed by atoms with van der Waals surface area (Å²) in [6.45, 7) is 1.000. The van der Waals surface area contributed by atoms with E-state index in [0.29, 0.717) is 5.92 Å². The molecule has 0 aromatic heterocycles. The van der Waals surface area contributed by atoms with Gasteiger partial charge in [-0.15, -0.1) is 0 Å². The Morgan fingerprint density at radius 2 is 2.00 bits per heavy atom. The van der Waals surface area contributed by atoms with E-state index in [2.05, 4.69) is 41.5 Å². The van der Waals surface area contributed by atoms with Crippen LogP contribution in [0.1, 0.15) is 24.3 Å². The predicted octanol–water partition coefficient (Wildman–Crippen LogP) is 2.63. The summed E-state index contributed by atoms with van der Waals surface area (Å²) in [6, 6.07) is 10.7. The molecule has 0 radical (unpaired) electrons. The zero-order chi connectivity index (χ0) is 8.23. The van der Waals surface area contributed by atoms with Gasteiger partial charge in [0.25, 0.3) is 0 Å². The first-order valence-corrected chi connectivity index (χ1v) is 4.50. The van der Waals surface area contributed by atoms with Crippen LogP contribution >= 0.6 is 0 Å². The first-order chi connectivity index (χ1) is 5.97. The summed E-state index contributed by atoms with van der Waals surface area (Å²) in [5.74, 6) is 0.712. The van der Waals surface area contributed by atoms with Gasteiger partial charge in [0.2, 0.25) is 0 Å². The van der Waals surface area contributed by atoms with Gasteiger partial charge in [-0.05, 0) is 30.5 Å². The Kier molecular flexibility index (Phi) is 2.21. The third-order valence-electron chi connectivity index (χ3n) is 2.40. The number of nitrogens with zero attached hydrogens (tertiary/aromatic N) is 1. The van der Waals surface area contributed by atoms with Crippen molar-refractivity contribution in [3.63, 3.8) is 0 Å². The van der Waals surface area contributed by atoms with Crippen LogP contribution in [0.5, 0.6) is 0 Å². The molecular formula is C11H13N. The molecule has 1 aromatic carbocycles. The maximum atomic E-state index is 4.23. The van der Waals surface area contributed by atoms with Gasteiger partial charge in [0.15, 0.2) is 0 Å². The molecule has 62 valence electrons. The van der Waals surface area contributed by atoms with E-state index in [9.17, 15) is 0 Å². The molecule has 1 aliphatic rings. The third-order valence-corrected chi connectivity index (χ3v) is 2.40. The van der Waals surface area contributed by atoms with Gasteiger partial charge in [-0.25, -0.2) is 0 Å². The summed E-state index contributed by atoms with van der Waals surface area (Å²) in [6.07, 6.45) is 4.38. The molecule has 1 atom stereocenters. The fourth-order valence-electron chi connectivity index (χ4n) is 1.67. The van der Waals surface area contributed by atoms with Crippen LogP contribution in [0.25, 0.3) is 0 Å². The number of benzene rings is 1. The van der Waals surface area contributed by atoms with Crippen LogP contribution in [-0.2, 0) is 0 Å². The summed E-state index contributed by atoms with van der Waals surface area (Å²) in [5.41, 5.74) is 1.46. The lowest BCUT2D eigenvalue weighted by Gasteiger charge is -2.16. The molecule has 0 saturated carbocycles. The molecule has 0 fully saturated rings. The second kappa shape index (κ2) is 3.53. The Labute approximate surface area is 73.1 Å². The second-order valence-corrected chi connectivity index (χ2v) is 3.22. The average molecular weight is 159 g/mol. The Morgan fingerprint density at radius 1 is 1.17 bits per heavy atom. The molecule has 0 spiro atoms. The molecule has 1 aliphatic heterocycles. The van der Waals surface area contributed by atoms with Crippen LogP contribution in [-0.4, -0.2) is 12.8 Å². The van der Waals surface area contributed by atoms with Gasteiger partial charge in [-0.2, -0.15) is 0 Å². The van der Waals surface area contributed by atoms with Gasteiger partial charge in [0, 0.05) is 6.54 Å². The Balaban J connectivity index is 2.15. The Morgan fingerprint density at radius 3 is 2.67 bits per heavy atom. The highest BCUT2D eigenvalue weighted by atomic mass is 14.7. The minimum atomic E-state index is 0.712. The summed E-state index contributed by atoms with van der Waals surface area (Å²) < 4.78 is 0. The highest BCUT2D eigenvalue weighted by Gasteiger charge is 2.11. The van der Waals surface area contributed by atoms with Crippen molar-refractivity contribution < 1.29 is 0 Å². The largest absolute Gasteiger partial charge is 0.297 e. The van der Waals surface area contributed by atoms with Crippen molar-refractivity contribution in [1.29, 1.82) is 0 Å². The number of hydrogen-bond acceptors (Lipinski definition) is 1. The molecular weight excluding hydrogens is 146 g/mol. The number of rotatable bonds is 1. The fraction of sp³-hybridized carbons (Fsp3) is 0.364. The monoisotopic (exact) mass is 159 g/mol. The molecule has 0 saturated heterocycles. The number of hydrogen-bond donors (Lipinski definition) is 0. The first kappa shape index (κ1) is 7.53. The van der Waals surface area contributed by atoms with Gasteiger partial charge in [-0.3, -0.25) is 4.99 Å². The molecule has 2 rings (SSSR count). The molecule has 1 nitrogen and oxygen atoms in total. The number of aliphatic imine (C=N–C) groups is 1. The van der Waals surface area contributed by atoms with Gasteiger partial charge in [0.1, 0.15) is 0 Å². The van der Waals surface area contributed by atoms with E-state index in [1.54, 1.807) is 0 Å². The molecule has 1 heterocycles. The molecule has 0 N–H and O–H groups in total. The lowest BCUT2D eigenvalue weighted by molar-refractivity contribution is 0.638. The van der Waals surface area contributed by atoms with Crippen molar-refractivity contribution in [2.24, 2.45) is 4.99 Å². The van der Waals surface area contributed by atoms with Gasteiger partial charge in [-0.1, -0.05) is 30.3 Å². The van der Waals surface area contributed by atoms with E-state index in [1.807, 2.05) is 0 Å². The van der Waals surface area contributed by atoms with E-state index in [0.717, 1.165) is 13.0 Å². The minimum absolute atomic E-state index is 0.712. The van der Waals surface area contributed by atoms with Crippen LogP contribution in [0.3, 0.4) is 0 Å². The van der Waals surface area contributed by atoms with E-state index < -0.39 is 0 Å². The molecule has 0 amide bonds. The zero-order valence-electron chi connectivity index (χ0n) is 7.11. The van der Waals surface area contributed by atoms with E-state index in [1.165, 1.54) is 12.0 Å². The average Bonchev–Trinajstić information content (AvgIpc) is 2.21. The quantitative estimate of drug-likeness (QED) is 0.597. The predicted molar refractivity (Wildman–Crippen MR) is 51.8 cm³/mol. The maximum absolute atomic E-state index is 4.23. The zero-order valence-corrected chi connectivity index (χ0v) is 7.11. The van der Waals surface area contributed by atoms with E-state index in [-0.39, 0.29) is 0 Å². The van der Waals surface area contributed by atoms with Crippen LogP contribution in [0.15, 0.2) is 35.3 Å². The smallest absolute Gasteiger partial charge is 0.0391 e. The fourth-order valence-corrected chi connectivity index (χ4v) is 1.67. The summed E-state index contributed by atoms with van der Waals surface area (Å²) in [7, 11) is 0. The first-order valence-electron chi connectivity index (χ1n) is 4.50.